The van der Waals surface area contributed by atoms with Crippen LogP contribution in [0.2, 0.25) is 0 Å². The van der Waals surface area contributed by atoms with Gasteiger partial charge < -0.3 is 19.7 Å². The SMILES string of the molecule is Cc1nn(-c2ccc(F)cc2)c(C)c1C(=O)N1CCOC2(CNCCOC2)C1. The summed E-state index contributed by atoms with van der Waals surface area (Å²) in [6, 6.07) is 6.08. The third-order valence-corrected chi connectivity index (χ3v) is 5.35. The minimum absolute atomic E-state index is 0.0599. The van der Waals surface area contributed by atoms with E-state index >= 15 is 0 Å². The highest BCUT2D eigenvalue weighted by Gasteiger charge is 2.40. The molecule has 2 aliphatic heterocycles. The fourth-order valence-corrected chi connectivity index (χ4v) is 3.93. The van der Waals surface area contributed by atoms with E-state index in [-0.39, 0.29) is 11.7 Å². The van der Waals surface area contributed by atoms with Crippen molar-refractivity contribution in [3.05, 3.63) is 47.0 Å². The van der Waals surface area contributed by atoms with Crippen LogP contribution < -0.4 is 5.32 Å². The Morgan fingerprint density at radius 2 is 2.04 bits per heavy atom. The lowest BCUT2D eigenvalue weighted by Gasteiger charge is -2.41. The van der Waals surface area contributed by atoms with Crippen LogP contribution in [0.5, 0.6) is 0 Å². The average Bonchev–Trinajstić information content (AvgIpc) is 2.84. The molecule has 0 radical (unpaired) electrons. The maximum absolute atomic E-state index is 13.3. The van der Waals surface area contributed by atoms with Crippen LogP contribution in [-0.2, 0) is 9.47 Å². The summed E-state index contributed by atoms with van der Waals surface area (Å²) in [7, 11) is 0. The summed E-state index contributed by atoms with van der Waals surface area (Å²) < 4.78 is 26.6. The standard InChI is InChI=1S/C20H25FN4O3/c1-14-18(15(2)25(23-14)17-5-3-16(21)4-6-17)19(26)24-8-10-28-20(12-24)11-22-7-9-27-13-20/h3-6,22H,7-13H2,1-2H3. The molecule has 8 heteroatoms. The molecule has 1 atom stereocenters. The van der Waals surface area contributed by atoms with E-state index in [9.17, 15) is 9.18 Å². The van der Waals surface area contributed by atoms with Gasteiger partial charge in [-0.2, -0.15) is 5.10 Å². The Balaban J connectivity index is 1.60. The molecule has 0 aliphatic carbocycles. The molecular formula is C20H25FN4O3. The number of nitrogens with one attached hydrogen (secondary N) is 1. The molecule has 2 saturated heterocycles. The van der Waals surface area contributed by atoms with Crippen molar-refractivity contribution in [1.29, 1.82) is 0 Å². The molecule has 7 nitrogen and oxygen atoms in total. The number of morpholine rings is 1. The van der Waals surface area contributed by atoms with Crippen molar-refractivity contribution in [2.24, 2.45) is 0 Å². The topological polar surface area (TPSA) is 68.6 Å². The number of halogens is 1. The van der Waals surface area contributed by atoms with E-state index in [1.165, 1.54) is 12.1 Å². The third kappa shape index (κ3) is 3.55. The fraction of sp³-hybridized carbons (Fsp3) is 0.500. The largest absolute Gasteiger partial charge is 0.377 e. The van der Waals surface area contributed by atoms with Gasteiger partial charge in [-0.15, -0.1) is 0 Å². The molecule has 1 aromatic carbocycles. The van der Waals surface area contributed by atoms with Gasteiger partial charge in [-0.1, -0.05) is 0 Å². The van der Waals surface area contributed by atoms with Gasteiger partial charge in [0.05, 0.1) is 49.0 Å². The Labute approximate surface area is 163 Å². The first kappa shape index (κ1) is 19.0. The third-order valence-electron chi connectivity index (χ3n) is 5.35. The Bertz CT molecular complexity index is 857. The monoisotopic (exact) mass is 388 g/mol. The van der Waals surface area contributed by atoms with E-state index in [1.54, 1.807) is 16.8 Å². The van der Waals surface area contributed by atoms with Crippen molar-refractivity contribution in [2.45, 2.75) is 19.4 Å². The highest BCUT2D eigenvalue weighted by Crippen LogP contribution is 2.24. The van der Waals surface area contributed by atoms with Gasteiger partial charge in [0.25, 0.3) is 5.91 Å². The zero-order valence-corrected chi connectivity index (χ0v) is 16.2. The zero-order valence-electron chi connectivity index (χ0n) is 16.2. The Hall–Kier alpha value is -2.29. The molecule has 2 fully saturated rings. The molecule has 3 heterocycles. The van der Waals surface area contributed by atoms with Crippen molar-refractivity contribution in [3.63, 3.8) is 0 Å². The quantitative estimate of drug-likeness (QED) is 0.844. The first-order valence-electron chi connectivity index (χ1n) is 9.53. The summed E-state index contributed by atoms with van der Waals surface area (Å²) in [6.07, 6.45) is 0. The second kappa shape index (κ2) is 7.62. The number of carbonyl (C=O) groups excluding carboxylic acids is 1. The minimum Gasteiger partial charge on any atom is -0.377 e. The molecule has 0 saturated carbocycles. The molecule has 150 valence electrons. The van der Waals surface area contributed by atoms with Gasteiger partial charge in [0.15, 0.2) is 0 Å². The zero-order chi connectivity index (χ0) is 19.7. The highest BCUT2D eigenvalue weighted by atomic mass is 19.1. The van der Waals surface area contributed by atoms with Crippen LogP contribution in [0.15, 0.2) is 24.3 Å². The predicted molar refractivity (Wildman–Crippen MR) is 101 cm³/mol. The van der Waals surface area contributed by atoms with Crippen LogP contribution in [0.1, 0.15) is 21.7 Å². The second-order valence-corrected chi connectivity index (χ2v) is 7.42. The van der Waals surface area contributed by atoms with Crippen molar-refractivity contribution >= 4 is 5.91 Å². The number of aryl methyl sites for hydroxylation is 1. The molecule has 1 amide bonds. The van der Waals surface area contributed by atoms with Gasteiger partial charge in [-0.25, -0.2) is 9.07 Å². The summed E-state index contributed by atoms with van der Waals surface area (Å²) in [5.74, 6) is -0.366. The van der Waals surface area contributed by atoms with E-state index in [0.717, 1.165) is 17.9 Å². The Kier molecular flexibility index (Phi) is 5.18. The minimum atomic E-state index is -0.515. The fourth-order valence-electron chi connectivity index (χ4n) is 3.93. The number of hydrogen-bond acceptors (Lipinski definition) is 5. The first-order chi connectivity index (χ1) is 13.5. The van der Waals surface area contributed by atoms with E-state index < -0.39 is 5.60 Å². The summed E-state index contributed by atoms with van der Waals surface area (Å²) >= 11 is 0. The number of carbonyl (C=O) groups is 1. The average molecular weight is 388 g/mol. The van der Waals surface area contributed by atoms with Crippen LogP contribution in [-0.4, -0.2) is 72.2 Å². The molecule has 2 aliphatic rings. The number of benzene rings is 1. The Morgan fingerprint density at radius 1 is 1.25 bits per heavy atom. The van der Waals surface area contributed by atoms with Crippen molar-refractivity contribution in [1.82, 2.24) is 20.0 Å². The van der Waals surface area contributed by atoms with Gasteiger partial charge >= 0.3 is 0 Å². The van der Waals surface area contributed by atoms with Crippen LogP contribution >= 0.6 is 0 Å². The van der Waals surface area contributed by atoms with Gasteiger partial charge in [0.2, 0.25) is 0 Å². The lowest BCUT2D eigenvalue weighted by molar-refractivity contribution is -0.125. The van der Waals surface area contributed by atoms with Crippen LogP contribution in [0.25, 0.3) is 5.69 Å². The Morgan fingerprint density at radius 3 is 2.82 bits per heavy atom. The highest BCUT2D eigenvalue weighted by molar-refractivity contribution is 5.96. The number of aromatic nitrogens is 2. The van der Waals surface area contributed by atoms with Crippen molar-refractivity contribution in [3.8, 4) is 5.69 Å². The van der Waals surface area contributed by atoms with E-state index in [4.69, 9.17) is 9.47 Å². The van der Waals surface area contributed by atoms with Crippen LogP contribution in [0.3, 0.4) is 0 Å². The molecule has 28 heavy (non-hydrogen) atoms. The number of amides is 1. The van der Waals surface area contributed by atoms with Gasteiger partial charge in [0.1, 0.15) is 11.4 Å². The number of rotatable bonds is 2. The van der Waals surface area contributed by atoms with Gasteiger partial charge in [0, 0.05) is 19.6 Å². The molecule has 1 N–H and O–H groups in total. The summed E-state index contributed by atoms with van der Waals surface area (Å²) in [6.45, 7) is 7.71. The molecule has 1 aromatic heterocycles. The smallest absolute Gasteiger partial charge is 0.257 e. The lowest BCUT2D eigenvalue weighted by Crippen LogP contribution is -2.59. The molecule has 2 aromatic rings. The molecular weight excluding hydrogens is 363 g/mol. The van der Waals surface area contributed by atoms with E-state index in [2.05, 4.69) is 10.4 Å². The number of nitrogens with zero attached hydrogens (tertiary/aromatic N) is 3. The van der Waals surface area contributed by atoms with Crippen LogP contribution in [0, 0.1) is 19.7 Å². The summed E-state index contributed by atoms with van der Waals surface area (Å²) in [5, 5.41) is 7.85. The second-order valence-electron chi connectivity index (χ2n) is 7.42. The molecule has 0 bridgehead atoms. The van der Waals surface area contributed by atoms with E-state index in [0.29, 0.717) is 50.7 Å². The van der Waals surface area contributed by atoms with Gasteiger partial charge in [-0.05, 0) is 38.1 Å². The predicted octanol–water partition coefficient (Wildman–Crippen LogP) is 1.46. The number of hydrogen-bond donors (Lipinski definition) is 1. The van der Waals surface area contributed by atoms with Crippen molar-refractivity contribution < 1.29 is 18.7 Å². The van der Waals surface area contributed by atoms with Gasteiger partial charge in [-0.3, -0.25) is 4.79 Å². The van der Waals surface area contributed by atoms with E-state index in [1.807, 2.05) is 18.7 Å². The van der Waals surface area contributed by atoms with Crippen LogP contribution in [0.4, 0.5) is 4.39 Å². The normalized spacial score (nSPS) is 23.0. The maximum atomic E-state index is 13.3. The molecule has 1 spiro atoms. The molecule has 1 unspecified atom stereocenters. The first-order valence-corrected chi connectivity index (χ1v) is 9.53. The molecule has 4 rings (SSSR count). The number of ether oxygens (including phenoxy) is 2. The summed E-state index contributed by atoms with van der Waals surface area (Å²) in [5.41, 5.74) is 2.19. The summed E-state index contributed by atoms with van der Waals surface area (Å²) in [4.78, 5) is 15.2. The lowest BCUT2D eigenvalue weighted by atomic mass is 10.0. The maximum Gasteiger partial charge on any atom is 0.257 e. The van der Waals surface area contributed by atoms with Crippen molar-refractivity contribution in [2.75, 3.05) is 46.0 Å².